The van der Waals surface area contributed by atoms with Gasteiger partial charge in [-0.15, -0.1) is 0 Å². The van der Waals surface area contributed by atoms with E-state index >= 15 is 0 Å². The number of halogens is 2. The van der Waals surface area contributed by atoms with Gasteiger partial charge in [-0.1, -0.05) is 4.48 Å². The molecule has 1 amide bonds. The minimum atomic E-state index is -0.739. The van der Waals surface area contributed by atoms with E-state index in [1.54, 1.807) is 0 Å². The molecule has 2 nitrogen and oxygen atoms in total. The maximum atomic E-state index is 13.3. The number of hydrogen-bond donors (Lipinski definition) is 0. The predicted molar refractivity (Wildman–Crippen MR) is 51.6 cm³/mol. The molecular formula is C11H11F2NO. The molecular weight excluding hydrogens is 200 g/mol. The van der Waals surface area contributed by atoms with E-state index in [0.717, 1.165) is 19.9 Å². The van der Waals surface area contributed by atoms with Crippen molar-refractivity contribution in [3.05, 3.63) is 35.1 Å². The lowest BCUT2D eigenvalue weighted by molar-refractivity contribution is 0.0343. The molecule has 0 heterocycles. The number of amides is 1. The molecule has 15 heavy (non-hydrogen) atoms. The lowest BCUT2D eigenvalue weighted by atomic mass is 10.1. The molecule has 4 heteroatoms. The van der Waals surface area contributed by atoms with Gasteiger partial charge in [0.25, 0.3) is 5.91 Å². The Morgan fingerprint density at radius 3 is 2.67 bits per heavy atom. The first-order valence-corrected chi connectivity index (χ1v) is 4.83. The zero-order valence-corrected chi connectivity index (χ0v) is 8.34. The zero-order chi connectivity index (χ0) is 11.0. The van der Waals surface area contributed by atoms with Crippen molar-refractivity contribution in [3.8, 4) is 0 Å². The average molecular weight is 211 g/mol. The summed E-state index contributed by atoms with van der Waals surface area (Å²) in [6, 6.07) is 3.98. The summed E-state index contributed by atoms with van der Waals surface area (Å²) in [5.41, 5.74) is 0.728. The van der Waals surface area contributed by atoms with Crippen LogP contribution in [-0.2, 0) is 0 Å². The number of carbonyl (C=O) groups excluding carboxylic acids is 1. The van der Waals surface area contributed by atoms with E-state index in [4.69, 9.17) is 0 Å². The van der Waals surface area contributed by atoms with Crippen LogP contribution < -0.4 is 0 Å². The Morgan fingerprint density at radius 2 is 2.13 bits per heavy atom. The number of hydrogen-bond acceptors (Lipinski definition) is 1. The number of nitrogens with zero attached hydrogens (tertiary/aromatic N) is 1. The summed E-state index contributed by atoms with van der Waals surface area (Å²) in [4.78, 5) is 11.3. The van der Waals surface area contributed by atoms with E-state index in [2.05, 4.69) is 0 Å². The maximum absolute atomic E-state index is 13.3. The summed E-state index contributed by atoms with van der Waals surface area (Å²) in [7, 11) is 1.03. The fraction of sp³-hybridized carbons (Fsp3) is 0.364. The fourth-order valence-corrected chi connectivity index (χ4v) is 1.56. The molecule has 1 aromatic carbocycles. The van der Waals surface area contributed by atoms with Gasteiger partial charge in [-0.25, -0.2) is 4.39 Å². The molecule has 2 rings (SSSR count). The summed E-state index contributed by atoms with van der Waals surface area (Å²) < 4.78 is 25.9. The van der Waals surface area contributed by atoms with Crippen LogP contribution in [0.1, 0.15) is 34.7 Å². The molecule has 0 bridgehead atoms. The van der Waals surface area contributed by atoms with Gasteiger partial charge in [0.2, 0.25) is 0 Å². The van der Waals surface area contributed by atoms with Gasteiger partial charge >= 0.3 is 0 Å². The van der Waals surface area contributed by atoms with Crippen LogP contribution in [0.25, 0.3) is 0 Å². The van der Waals surface area contributed by atoms with Crippen LogP contribution in [0.3, 0.4) is 0 Å². The van der Waals surface area contributed by atoms with Gasteiger partial charge in [-0.2, -0.15) is 5.12 Å². The largest absolute Gasteiger partial charge is 0.281 e. The summed E-state index contributed by atoms with van der Waals surface area (Å²) in [5, 5.41) is 0.00389. The van der Waals surface area contributed by atoms with Crippen LogP contribution in [-0.4, -0.2) is 18.1 Å². The fourth-order valence-electron chi connectivity index (χ4n) is 1.56. The van der Waals surface area contributed by atoms with Crippen LogP contribution in [0, 0.1) is 5.82 Å². The molecule has 0 aromatic heterocycles. The molecule has 0 saturated heterocycles. The van der Waals surface area contributed by atoms with Crippen LogP contribution in [0.4, 0.5) is 8.87 Å². The molecule has 1 aliphatic carbocycles. The minimum absolute atomic E-state index is 0.00389. The predicted octanol–water partition coefficient (Wildman–Crippen LogP) is 2.66. The molecule has 1 aliphatic rings. The first-order chi connectivity index (χ1) is 7.09. The van der Waals surface area contributed by atoms with Crippen LogP contribution >= 0.6 is 0 Å². The topological polar surface area (TPSA) is 20.3 Å². The highest BCUT2D eigenvalue weighted by molar-refractivity contribution is 5.93. The second-order valence-electron chi connectivity index (χ2n) is 3.79. The second kappa shape index (κ2) is 3.61. The van der Waals surface area contributed by atoms with Gasteiger partial charge in [0.05, 0.1) is 0 Å². The van der Waals surface area contributed by atoms with E-state index in [1.807, 2.05) is 0 Å². The monoisotopic (exact) mass is 211 g/mol. The Bertz CT molecular complexity index is 400. The molecule has 1 fully saturated rings. The SMILES string of the molecule is CN(F)C(=O)c1ccc(F)c(C2CC2)c1. The van der Waals surface area contributed by atoms with Gasteiger partial charge < -0.3 is 0 Å². The highest BCUT2D eigenvalue weighted by atomic mass is 19.2. The molecule has 0 unspecified atom stereocenters. The quantitative estimate of drug-likeness (QED) is 0.688. The summed E-state index contributed by atoms with van der Waals surface area (Å²) in [6.45, 7) is 0. The Hall–Kier alpha value is -1.45. The highest BCUT2D eigenvalue weighted by Gasteiger charge is 2.27. The van der Waals surface area contributed by atoms with Crippen molar-refractivity contribution in [2.45, 2.75) is 18.8 Å². The first-order valence-electron chi connectivity index (χ1n) is 4.83. The van der Waals surface area contributed by atoms with E-state index < -0.39 is 5.91 Å². The third kappa shape index (κ3) is 1.98. The van der Waals surface area contributed by atoms with Crippen LogP contribution in [0.15, 0.2) is 18.2 Å². The molecule has 80 valence electrons. The van der Waals surface area contributed by atoms with Gasteiger partial charge in [-0.05, 0) is 42.5 Å². The van der Waals surface area contributed by atoms with Crippen LogP contribution in [0.2, 0.25) is 0 Å². The molecule has 0 N–H and O–H groups in total. The molecule has 0 atom stereocenters. The normalized spacial score (nSPS) is 15.1. The van der Waals surface area contributed by atoms with E-state index in [0.29, 0.717) is 5.56 Å². The minimum Gasteiger partial charge on any atom is -0.267 e. The van der Waals surface area contributed by atoms with E-state index in [-0.39, 0.29) is 22.4 Å². The van der Waals surface area contributed by atoms with Gasteiger partial charge in [-0.3, -0.25) is 4.79 Å². The third-order valence-electron chi connectivity index (χ3n) is 2.54. The lowest BCUT2D eigenvalue weighted by Gasteiger charge is -2.07. The molecule has 0 aliphatic heterocycles. The van der Waals surface area contributed by atoms with Gasteiger partial charge in [0.15, 0.2) is 0 Å². The Balaban J connectivity index is 2.33. The summed E-state index contributed by atoms with van der Waals surface area (Å²) in [6.07, 6.45) is 1.89. The van der Waals surface area contributed by atoms with E-state index in [9.17, 15) is 13.7 Å². The van der Waals surface area contributed by atoms with Crippen molar-refractivity contribution in [3.63, 3.8) is 0 Å². The lowest BCUT2D eigenvalue weighted by Crippen LogP contribution is -2.17. The average Bonchev–Trinajstić information content (AvgIpc) is 3.01. The number of carbonyl (C=O) groups is 1. The maximum Gasteiger partial charge on any atom is 0.281 e. The van der Waals surface area contributed by atoms with Crippen molar-refractivity contribution >= 4 is 5.91 Å². The first kappa shape index (κ1) is 10.1. The Labute approximate surface area is 86.4 Å². The smallest absolute Gasteiger partial charge is 0.267 e. The summed E-state index contributed by atoms with van der Waals surface area (Å²) in [5.74, 6) is -0.838. The number of benzene rings is 1. The Morgan fingerprint density at radius 1 is 1.47 bits per heavy atom. The van der Waals surface area contributed by atoms with Crippen molar-refractivity contribution < 1.29 is 13.7 Å². The third-order valence-corrected chi connectivity index (χ3v) is 2.54. The highest BCUT2D eigenvalue weighted by Crippen LogP contribution is 2.41. The molecule has 0 spiro atoms. The van der Waals surface area contributed by atoms with Gasteiger partial charge in [0.1, 0.15) is 5.82 Å². The second-order valence-corrected chi connectivity index (χ2v) is 3.79. The van der Waals surface area contributed by atoms with Crippen molar-refractivity contribution in [1.29, 1.82) is 0 Å². The zero-order valence-electron chi connectivity index (χ0n) is 8.34. The van der Waals surface area contributed by atoms with E-state index in [1.165, 1.54) is 18.2 Å². The van der Waals surface area contributed by atoms with Crippen molar-refractivity contribution in [2.24, 2.45) is 0 Å². The molecule has 1 saturated carbocycles. The summed E-state index contributed by atoms with van der Waals surface area (Å²) >= 11 is 0. The Kier molecular flexibility index (Phi) is 2.42. The van der Waals surface area contributed by atoms with Crippen LogP contribution in [0.5, 0.6) is 0 Å². The molecule has 1 aromatic rings. The van der Waals surface area contributed by atoms with Crippen molar-refractivity contribution in [1.82, 2.24) is 5.12 Å². The van der Waals surface area contributed by atoms with Crippen molar-refractivity contribution in [2.75, 3.05) is 7.05 Å². The van der Waals surface area contributed by atoms with Gasteiger partial charge in [0, 0.05) is 12.6 Å². The molecule has 0 radical (unpaired) electrons. The number of rotatable bonds is 2. The standard InChI is InChI=1S/C11H11F2NO/c1-14(13)11(15)8-4-5-10(12)9(6-8)7-2-3-7/h4-7H,2-3H2,1H3.